The Bertz CT molecular complexity index is 1060. The summed E-state index contributed by atoms with van der Waals surface area (Å²) in [6, 6.07) is 12.8. The molecule has 0 spiro atoms. The molecule has 1 heterocycles. The number of amides is 2. The van der Waals surface area contributed by atoms with Crippen LogP contribution in [0, 0.1) is 6.92 Å². The predicted octanol–water partition coefficient (Wildman–Crippen LogP) is 2.65. The molecule has 3 rings (SSSR count). The summed E-state index contributed by atoms with van der Waals surface area (Å²) in [5.41, 5.74) is 2.11. The van der Waals surface area contributed by atoms with Gasteiger partial charge in [0.1, 0.15) is 6.04 Å². The van der Waals surface area contributed by atoms with Crippen molar-refractivity contribution in [2.75, 3.05) is 42.2 Å². The average Bonchev–Trinajstić information content (AvgIpc) is 2.78. The largest absolute Gasteiger partial charge is 0.378 e. The number of nitrogens with zero attached hydrogens (tertiary/aromatic N) is 2. The lowest BCUT2D eigenvalue weighted by atomic mass is 10.1. The standard InChI is InChI=1S/C23H29N3O5S/c1-4-21(26(32(3,29)30)18-11-9-17(2)10-12-18)22(27)24-20-8-6-5-7-19(20)23(28)25-13-15-31-16-14-25/h5-12,21H,4,13-16H2,1-3H3,(H,24,27)/t21-/m0/s1. The van der Waals surface area contributed by atoms with E-state index in [1.165, 1.54) is 0 Å². The molecule has 32 heavy (non-hydrogen) atoms. The highest BCUT2D eigenvalue weighted by Crippen LogP contribution is 2.25. The molecule has 0 saturated carbocycles. The highest BCUT2D eigenvalue weighted by Gasteiger charge is 2.32. The molecule has 0 aromatic heterocycles. The summed E-state index contributed by atoms with van der Waals surface area (Å²) < 4.78 is 31.7. The maximum Gasteiger partial charge on any atom is 0.256 e. The van der Waals surface area contributed by atoms with Crippen molar-refractivity contribution in [1.29, 1.82) is 0 Å². The third-order valence-corrected chi connectivity index (χ3v) is 6.51. The topological polar surface area (TPSA) is 96.0 Å². The minimum atomic E-state index is -3.74. The minimum Gasteiger partial charge on any atom is -0.378 e. The Morgan fingerprint density at radius 1 is 1.09 bits per heavy atom. The Morgan fingerprint density at radius 3 is 2.31 bits per heavy atom. The Balaban J connectivity index is 1.89. The maximum atomic E-state index is 13.3. The Hall–Kier alpha value is -2.91. The zero-order chi connectivity index (χ0) is 23.3. The molecule has 8 nitrogen and oxygen atoms in total. The van der Waals surface area contributed by atoms with Crippen LogP contribution in [0.15, 0.2) is 48.5 Å². The fourth-order valence-electron chi connectivity index (χ4n) is 3.68. The first-order chi connectivity index (χ1) is 15.2. The molecule has 1 aliphatic heterocycles. The fourth-order valence-corrected chi connectivity index (χ4v) is 4.90. The van der Waals surface area contributed by atoms with Gasteiger partial charge in [-0.3, -0.25) is 13.9 Å². The van der Waals surface area contributed by atoms with Gasteiger partial charge in [-0.2, -0.15) is 0 Å². The molecule has 1 N–H and O–H groups in total. The quantitative estimate of drug-likeness (QED) is 0.687. The monoisotopic (exact) mass is 459 g/mol. The van der Waals surface area contributed by atoms with Gasteiger partial charge in [0.25, 0.3) is 5.91 Å². The van der Waals surface area contributed by atoms with Crippen molar-refractivity contribution >= 4 is 33.2 Å². The Kier molecular flexibility index (Phi) is 7.52. The van der Waals surface area contributed by atoms with Crippen LogP contribution in [0.5, 0.6) is 0 Å². The van der Waals surface area contributed by atoms with Gasteiger partial charge in [0, 0.05) is 13.1 Å². The van der Waals surface area contributed by atoms with Crippen LogP contribution < -0.4 is 9.62 Å². The lowest BCUT2D eigenvalue weighted by Crippen LogP contribution is -2.47. The lowest BCUT2D eigenvalue weighted by molar-refractivity contribution is -0.117. The number of nitrogens with one attached hydrogen (secondary N) is 1. The van der Waals surface area contributed by atoms with Crippen LogP contribution in [0.4, 0.5) is 11.4 Å². The first-order valence-corrected chi connectivity index (χ1v) is 12.4. The fraction of sp³-hybridized carbons (Fsp3) is 0.391. The number of morpholine rings is 1. The molecular formula is C23H29N3O5S. The molecule has 1 saturated heterocycles. The predicted molar refractivity (Wildman–Crippen MR) is 124 cm³/mol. The molecule has 0 radical (unpaired) electrons. The van der Waals surface area contributed by atoms with Gasteiger partial charge >= 0.3 is 0 Å². The summed E-state index contributed by atoms with van der Waals surface area (Å²) in [7, 11) is -3.74. The number of para-hydroxylation sites is 1. The zero-order valence-electron chi connectivity index (χ0n) is 18.6. The second-order valence-electron chi connectivity index (χ2n) is 7.76. The van der Waals surface area contributed by atoms with Crippen LogP contribution in [0.3, 0.4) is 0 Å². The molecule has 0 bridgehead atoms. The van der Waals surface area contributed by atoms with Crippen LogP contribution in [0.1, 0.15) is 29.3 Å². The summed E-state index contributed by atoms with van der Waals surface area (Å²) in [6.07, 6.45) is 1.34. The number of sulfonamides is 1. The number of anilines is 2. The van der Waals surface area contributed by atoms with E-state index in [-0.39, 0.29) is 12.3 Å². The van der Waals surface area contributed by atoms with Crippen LogP contribution in [-0.4, -0.2) is 63.7 Å². The lowest BCUT2D eigenvalue weighted by Gasteiger charge is -2.31. The molecule has 0 unspecified atom stereocenters. The second-order valence-corrected chi connectivity index (χ2v) is 9.62. The van der Waals surface area contributed by atoms with E-state index in [4.69, 9.17) is 4.74 Å². The summed E-state index contributed by atoms with van der Waals surface area (Å²) >= 11 is 0. The Morgan fingerprint density at radius 2 is 1.72 bits per heavy atom. The van der Waals surface area contributed by atoms with E-state index >= 15 is 0 Å². The van der Waals surface area contributed by atoms with Gasteiger partial charge < -0.3 is 15.0 Å². The van der Waals surface area contributed by atoms with Crippen LogP contribution in [-0.2, 0) is 19.6 Å². The number of aryl methyl sites for hydroxylation is 1. The third kappa shape index (κ3) is 5.46. The highest BCUT2D eigenvalue weighted by molar-refractivity contribution is 7.92. The first-order valence-electron chi connectivity index (χ1n) is 10.6. The van der Waals surface area contributed by atoms with Crippen molar-refractivity contribution in [2.24, 2.45) is 0 Å². The number of hydrogen-bond donors (Lipinski definition) is 1. The second kappa shape index (κ2) is 10.1. The average molecular weight is 460 g/mol. The normalized spacial score (nSPS) is 15.2. The molecule has 2 amide bonds. The summed E-state index contributed by atoms with van der Waals surface area (Å²) in [6.45, 7) is 5.56. The smallest absolute Gasteiger partial charge is 0.256 e. The van der Waals surface area contributed by atoms with Gasteiger partial charge in [0.15, 0.2) is 0 Å². The van der Waals surface area contributed by atoms with E-state index in [9.17, 15) is 18.0 Å². The van der Waals surface area contributed by atoms with Gasteiger partial charge in [-0.1, -0.05) is 36.8 Å². The van der Waals surface area contributed by atoms with Gasteiger partial charge in [0.2, 0.25) is 15.9 Å². The van der Waals surface area contributed by atoms with Crippen molar-refractivity contribution in [3.63, 3.8) is 0 Å². The number of carbonyl (C=O) groups excluding carboxylic acids is 2. The van der Waals surface area contributed by atoms with E-state index in [2.05, 4.69) is 5.32 Å². The summed E-state index contributed by atoms with van der Waals surface area (Å²) in [4.78, 5) is 27.9. The molecule has 2 aromatic carbocycles. The van der Waals surface area contributed by atoms with Crippen LogP contribution in [0.2, 0.25) is 0 Å². The Labute approximate surface area is 189 Å². The van der Waals surface area contributed by atoms with Crippen molar-refractivity contribution in [2.45, 2.75) is 26.3 Å². The third-order valence-electron chi connectivity index (χ3n) is 5.33. The van der Waals surface area contributed by atoms with E-state index < -0.39 is 22.0 Å². The first kappa shape index (κ1) is 23.7. The van der Waals surface area contributed by atoms with Crippen LogP contribution >= 0.6 is 0 Å². The number of rotatable bonds is 7. The van der Waals surface area contributed by atoms with E-state index in [0.717, 1.165) is 16.1 Å². The van der Waals surface area contributed by atoms with Crippen molar-refractivity contribution in [1.82, 2.24) is 4.90 Å². The maximum absolute atomic E-state index is 13.3. The number of ether oxygens (including phenoxy) is 1. The molecule has 2 aromatic rings. The van der Waals surface area contributed by atoms with E-state index in [1.54, 1.807) is 60.4 Å². The zero-order valence-corrected chi connectivity index (χ0v) is 19.4. The molecular weight excluding hydrogens is 430 g/mol. The molecule has 0 aliphatic carbocycles. The summed E-state index contributed by atoms with van der Waals surface area (Å²) in [5, 5.41) is 2.79. The molecule has 1 atom stereocenters. The van der Waals surface area contributed by atoms with Gasteiger partial charge in [0.05, 0.1) is 36.4 Å². The SMILES string of the molecule is CC[C@@H](C(=O)Nc1ccccc1C(=O)N1CCOCC1)N(c1ccc(C)cc1)S(C)(=O)=O. The van der Waals surface area contributed by atoms with Crippen molar-refractivity contribution in [3.05, 3.63) is 59.7 Å². The van der Waals surface area contributed by atoms with Gasteiger partial charge in [-0.25, -0.2) is 8.42 Å². The minimum absolute atomic E-state index is 0.198. The van der Waals surface area contributed by atoms with E-state index in [1.807, 2.05) is 6.92 Å². The molecule has 1 aliphatic rings. The number of hydrogen-bond acceptors (Lipinski definition) is 5. The molecule has 172 valence electrons. The van der Waals surface area contributed by atoms with Crippen LogP contribution in [0.25, 0.3) is 0 Å². The van der Waals surface area contributed by atoms with Crippen molar-refractivity contribution < 1.29 is 22.7 Å². The van der Waals surface area contributed by atoms with Crippen molar-refractivity contribution in [3.8, 4) is 0 Å². The molecule has 9 heteroatoms. The highest BCUT2D eigenvalue weighted by atomic mass is 32.2. The number of benzene rings is 2. The van der Waals surface area contributed by atoms with Gasteiger partial charge in [-0.05, 0) is 37.6 Å². The molecule has 1 fully saturated rings. The summed E-state index contributed by atoms with van der Waals surface area (Å²) in [5.74, 6) is -0.698. The van der Waals surface area contributed by atoms with Gasteiger partial charge in [-0.15, -0.1) is 0 Å². The van der Waals surface area contributed by atoms with E-state index in [0.29, 0.717) is 43.2 Å². The number of carbonyl (C=O) groups is 2.